The third-order valence-electron chi connectivity index (χ3n) is 4.41. The van der Waals surface area contributed by atoms with Gasteiger partial charge in [-0.25, -0.2) is 0 Å². The first-order valence-electron chi connectivity index (χ1n) is 8.73. The zero-order valence-electron chi connectivity index (χ0n) is 14.8. The molecule has 1 amide bonds. The summed E-state index contributed by atoms with van der Waals surface area (Å²) >= 11 is 0. The number of nitrogens with zero attached hydrogens (tertiary/aromatic N) is 2. The molecule has 140 valence electrons. The van der Waals surface area contributed by atoms with Crippen LogP contribution in [-0.2, 0) is 11.0 Å². The Hall–Kier alpha value is -1.76. The van der Waals surface area contributed by atoms with Gasteiger partial charge in [0.05, 0.1) is 12.1 Å². The van der Waals surface area contributed by atoms with Crippen molar-refractivity contribution in [2.75, 3.05) is 37.6 Å². The molecule has 1 heterocycles. The second-order valence-electron chi connectivity index (χ2n) is 6.57. The van der Waals surface area contributed by atoms with E-state index < -0.39 is 11.7 Å². The van der Waals surface area contributed by atoms with E-state index in [9.17, 15) is 18.0 Å². The summed E-state index contributed by atoms with van der Waals surface area (Å²) in [6, 6.07) is 5.58. The summed E-state index contributed by atoms with van der Waals surface area (Å²) in [4.78, 5) is 16.0. The highest BCUT2D eigenvalue weighted by Crippen LogP contribution is 2.31. The van der Waals surface area contributed by atoms with E-state index in [1.165, 1.54) is 12.1 Å². The van der Waals surface area contributed by atoms with Gasteiger partial charge in [0, 0.05) is 37.9 Å². The van der Waals surface area contributed by atoms with Gasteiger partial charge in [0.15, 0.2) is 0 Å². The highest BCUT2D eigenvalue weighted by molar-refractivity contribution is 5.78. The maximum Gasteiger partial charge on any atom is 0.416 e. The predicted octanol–water partition coefficient (Wildman–Crippen LogP) is 3.13. The summed E-state index contributed by atoms with van der Waals surface area (Å²) in [7, 11) is 0. The van der Waals surface area contributed by atoms with Crippen LogP contribution in [0.5, 0.6) is 0 Å². The van der Waals surface area contributed by atoms with Crippen LogP contribution in [0, 0.1) is 0 Å². The number of carbonyl (C=O) groups excluding carboxylic acids is 1. The van der Waals surface area contributed by atoms with Gasteiger partial charge < -0.3 is 10.2 Å². The fraction of sp³-hybridized carbons (Fsp3) is 0.611. The van der Waals surface area contributed by atoms with Crippen LogP contribution in [0.2, 0.25) is 0 Å². The molecule has 1 aromatic rings. The van der Waals surface area contributed by atoms with E-state index in [-0.39, 0.29) is 11.9 Å². The lowest BCUT2D eigenvalue weighted by atomic mass is 10.1. The molecule has 0 spiro atoms. The van der Waals surface area contributed by atoms with Crippen LogP contribution in [0.1, 0.15) is 32.3 Å². The highest BCUT2D eigenvalue weighted by Gasteiger charge is 2.31. The van der Waals surface area contributed by atoms with Crippen molar-refractivity contribution >= 4 is 11.6 Å². The molecule has 2 rings (SSSR count). The van der Waals surface area contributed by atoms with E-state index in [2.05, 4.69) is 12.2 Å². The lowest BCUT2D eigenvalue weighted by Crippen LogP contribution is -2.50. The second-order valence-corrected chi connectivity index (χ2v) is 6.57. The highest BCUT2D eigenvalue weighted by atomic mass is 19.4. The normalized spacial score (nSPS) is 17.4. The molecule has 0 unspecified atom stereocenters. The molecule has 25 heavy (non-hydrogen) atoms. The molecule has 0 aliphatic carbocycles. The molecule has 1 aromatic carbocycles. The van der Waals surface area contributed by atoms with Gasteiger partial charge in [-0.05, 0) is 31.5 Å². The summed E-state index contributed by atoms with van der Waals surface area (Å²) in [5.41, 5.74) is -0.0489. The van der Waals surface area contributed by atoms with Crippen LogP contribution in [0.25, 0.3) is 0 Å². The van der Waals surface area contributed by atoms with E-state index in [1.54, 1.807) is 6.07 Å². The third kappa shape index (κ3) is 5.92. The van der Waals surface area contributed by atoms with Gasteiger partial charge in [-0.15, -0.1) is 0 Å². The number of nitrogens with one attached hydrogen (secondary N) is 1. The molecule has 1 saturated heterocycles. The number of rotatable bonds is 6. The van der Waals surface area contributed by atoms with Crippen LogP contribution < -0.4 is 10.2 Å². The molecule has 1 aliphatic rings. The van der Waals surface area contributed by atoms with Gasteiger partial charge in [-0.1, -0.05) is 19.4 Å². The molecule has 0 radical (unpaired) electrons. The second kappa shape index (κ2) is 8.56. The number of amides is 1. The van der Waals surface area contributed by atoms with Crippen molar-refractivity contribution in [2.24, 2.45) is 0 Å². The first-order valence-corrected chi connectivity index (χ1v) is 8.73. The SMILES string of the molecule is CCC[C@H](C)NC(=O)CN1CCN(c2cccc(C(F)(F)F)c2)CC1. The maximum atomic E-state index is 12.8. The minimum atomic E-state index is -4.33. The zero-order chi connectivity index (χ0) is 18.4. The molecular weight excluding hydrogens is 331 g/mol. The fourth-order valence-electron chi connectivity index (χ4n) is 3.07. The van der Waals surface area contributed by atoms with E-state index in [0.29, 0.717) is 38.4 Å². The Balaban J connectivity index is 1.84. The first kappa shape index (κ1) is 19.6. The Morgan fingerprint density at radius 3 is 2.52 bits per heavy atom. The molecule has 7 heteroatoms. The van der Waals surface area contributed by atoms with Crippen molar-refractivity contribution in [2.45, 2.75) is 38.9 Å². The molecule has 1 aliphatic heterocycles. The minimum absolute atomic E-state index is 0.00784. The number of carbonyl (C=O) groups is 1. The largest absolute Gasteiger partial charge is 0.416 e. The van der Waals surface area contributed by atoms with Gasteiger partial charge in [-0.3, -0.25) is 9.69 Å². The first-order chi connectivity index (χ1) is 11.8. The molecule has 4 nitrogen and oxygen atoms in total. The van der Waals surface area contributed by atoms with Gasteiger partial charge in [-0.2, -0.15) is 13.2 Å². The van der Waals surface area contributed by atoms with Crippen LogP contribution >= 0.6 is 0 Å². The summed E-state index contributed by atoms with van der Waals surface area (Å²) < 4.78 is 38.5. The van der Waals surface area contributed by atoms with Crippen molar-refractivity contribution in [1.82, 2.24) is 10.2 Å². The summed E-state index contributed by atoms with van der Waals surface area (Å²) in [5.74, 6) is 0.00784. The Labute approximate surface area is 147 Å². The zero-order valence-corrected chi connectivity index (χ0v) is 14.8. The molecular formula is C18H26F3N3O. The smallest absolute Gasteiger partial charge is 0.369 e. The number of hydrogen-bond donors (Lipinski definition) is 1. The summed E-state index contributed by atoms with van der Waals surface area (Å²) in [6.45, 7) is 6.95. The van der Waals surface area contributed by atoms with Gasteiger partial charge in [0.2, 0.25) is 5.91 Å². The summed E-state index contributed by atoms with van der Waals surface area (Å²) in [5, 5.41) is 2.98. The van der Waals surface area contributed by atoms with Crippen molar-refractivity contribution in [3.05, 3.63) is 29.8 Å². The van der Waals surface area contributed by atoms with Gasteiger partial charge in [0.1, 0.15) is 0 Å². The number of alkyl halides is 3. The predicted molar refractivity (Wildman–Crippen MR) is 92.6 cm³/mol. The molecule has 1 atom stereocenters. The third-order valence-corrected chi connectivity index (χ3v) is 4.41. The monoisotopic (exact) mass is 357 g/mol. The van der Waals surface area contributed by atoms with Gasteiger partial charge in [0.25, 0.3) is 0 Å². The Morgan fingerprint density at radius 2 is 1.92 bits per heavy atom. The number of hydrogen-bond acceptors (Lipinski definition) is 3. The molecule has 0 bridgehead atoms. The lowest BCUT2D eigenvalue weighted by molar-refractivity contribution is -0.137. The van der Waals surface area contributed by atoms with E-state index >= 15 is 0 Å². The van der Waals surface area contributed by atoms with E-state index in [0.717, 1.165) is 18.9 Å². The number of anilines is 1. The lowest BCUT2D eigenvalue weighted by Gasteiger charge is -2.36. The number of benzene rings is 1. The van der Waals surface area contributed by atoms with Gasteiger partial charge >= 0.3 is 6.18 Å². The quantitative estimate of drug-likeness (QED) is 0.850. The molecule has 0 aromatic heterocycles. The Bertz CT molecular complexity index is 569. The van der Waals surface area contributed by atoms with Crippen molar-refractivity contribution in [3.63, 3.8) is 0 Å². The van der Waals surface area contributed by atoms with Crippen molar-refractivity contribution in [1.29, 1.82) is 0 Å². The number of halogens is 3. The Kier molecular flexibility index (Phi) is 6.70. The number of piperazine rings is 1. The molecule has 1 fully saturated rings. The maximum absolute atomic E-state index is 12.8. The average molecular weight is 357 g/mol. The average Bonchev–Trinajstić information content (AvgIpc) is 2.55. The summed E-state index contributed by atoms with van der Waals surface area (Å²) in [6.07, 6.45) is -2.35. The van der Waals surface area contributed by atoms with E-state index in [1.807, 2.05) is 16.7 Å². The molecule has 0 saturated carbocycles. The Morgan fingerprint density at radius 1 is 1.24 bits per heavy atom. The standard InChI is InChI=1S/C18H26F3N3O/c1-3-5-14(2)22-17(25)13-23-8-10-24(11-9-23)16-7-4-6-15(12-16)18(19,20)21/h4,6-7,12,14H,3,5,8-11,13H2,1-2H3,(H,22,25)/t14-/m0/s1. The van der Waals surface area contributed by atoms with Crippen LogP contribution in [0.3, 0.4) is 0 Å². The van der Waals surface area contributed by atoms with Crippen LogP contribution in [0.15, 0.2) is 24.3 Å². The van der Waals surface area contributed by atoms with E-state index in [4.69, 9.17) is 0 Å². The fourth-order valence-corrected chi connectivity index (χ4v) is 3.07. The molecule has 1 N–H and O–H groups in total. The topological polar surface area (TPSA) is 35.6 Å². The van der Waals surface area contributed by atoms with Crippen LogP contribution in [-0.4, -0.2) is 49.6 Å². The minimum Gasteiger partial charge on any atom is -0.369 e. The van der Waals surface area contributed by atoms with Crippen molar-refractivity contribution in [3.8, 4) is 0 Å². The van der Waals surface area contributed by atoms with Crippen LogP contribution in [0.4, 0.5) is 18.9 Å². The van der Waals surface area contributed by atoms with Crippen molar-refractivity contribution < 1.29 is 18.0 Å².